The highest BCUT2D eigenvalue weighted by molar-refractivity contribution is 6.07. The topological polar surface area (TPSA) is 37.3 Å². The van der Waals surface area contributed by atoms with Crippen molar-refractivity contribution in [3.63, 3.8) is 0 Å². The molecule has 1 N–H and O–H groups in total. The number of aryl methyl sites for hydroxylation is 1. The molecule has 3 nitrogen and oxygen atoms in total. The number of anilines is 1. The Morgan fingerprint density at radius 3 is 2.14 bits per heavy atom. The summed E-state index contributed by atoms with van der Waals surface area (Å²) in [6, 6.07) is 21.8. The van der Waals surface area contributed by atoms with Crippen LogP contribution in [-0.2, 0) is 0 Å². The Morgan fingerprint density at radius 2 is 1.46 bits per heavy atom. The fraction of sp³-hybridized carbons (Fsp3) is 0.353. The molecule has 37 heavy (non-hydrogen) atoms. The van der Waals surface area contributed by atoms with Crippen LogP contribution in [0.2, 0.25) is 0 Å². The fourth-order valence-corrected chi connectivity index (χ4v) is 5.15. The minimum Gasteiger partial charge on any atom is -0.372 e. The molecule has 1 aliphatic rings. The number of para-hydroxylation sites is 1. The van der Waals surface area contributed by atoms with Crippen molar-refractivity contribution in [3.8, 4) is 0 Å². The number of hydrogen-bond donors (Lipinski definition) is 1. The third-order valence-corrected chi connectivity index (χ3v) is 7.10. The summed E-state index contributed by atoms with van der Waals surface area (Å²) >= 11 is 0. The number of rotatable bonds is 7. The zero-order chi connectivity index (χ0) is 26.5. The van der Waals surface area contributed by atoms with Gasteiger partial charge in [-0.25, -0.2) is 4.98 Å². The number of hydrogen-bond acceptors (Lipinski definition) is 3. The van der Waals surface area contributed by atoms with E-state index in [0.29, 0.717) is 11.8 Å². The van der Waals surface area contributed by atoms with Crippen molar-refractivity contribution in [2.45, 2.75) is 78.8 Å². The van der Waals surface area contributed by atoms with E-state index in [-0.39, 0.29) is 12.1 Å². The van der Waals surface area contributed by atoms with E-state index in [9.17, 15) is 0 Å². The van der Waals surface area contributed by atoms with Gasteiger partial charge in [0.25, 0.3) is 0 Å². The lowest BCUT2D eigenvalue weighted by atomic mass is 9.90. The van der Waals surface area contributed by atoms with E-state index in [4.69, 9.17) is 9.98 Å². The molecule has 2 atom stereocenters. The summed E-state index contributed by atoms with van der Waals surface area (Å²) in [7, 11) is 0. The van der Waals surface area contributed by atoms with Crippen LogP contribution in [0.15, 0.2) is 89.5 Å². The second-order valence-electron chi connectivity index (χ2n) is 10.9. The van der Waals surface area contributed by atoms with Gasteiger partial charge in [0.2, 0.25) is 0 Å². The Hall–Kier alpha value is -3.46. The van der Waals surface area contributed by atoms with Crippen molar-refractivity contribution in [1.82, 2.24) is 4.98 Å². The van der Waals surface area contributed by atoms with Crippen LogP contribution in [-0.4, -0.2) is 16.7 Å². The van der Waals surface area contributed by atoms with Crippen molar-refractivity contribution in [2.24, 2.45) is 4.99 Å². The summed E-state index contributed by atoms with van der Waals surface area (Å²) in [6.07, 6.45) is 7.33. The van der Waals surface area contributed by atoms with E-state index in [1.54, 1.807) is 0 Å². The van der Waals surface area contributed by atoms with E-state index in [2.05, 4.69) is 133 Å². The van der Waals surface area contributed by atoms with Gasteiger partial charge in [-0.3, -0.25) is 4.99 Å². The highest BCUT2D eigenvalue weighted by atomic mass is 15.0. The molecule has 192 valence electrons. The van der Waals surface area contributed by atoms with Crippen LogP contribution in [0.3, 0.4) is 0 Å². The number of pyridine rings is 1. The molecule has 0 spiro atoms. The Morgan fingerprint density at radius 1 is 0.811 bits per heavy atom. The van der Waals surface area contributed by atoms with Gasteiger partial charge in [-0.15, -0.1) is 0 Å². The Balaban J connectivity index is 1.85. The standard InChI is InChI=1S/C34H41N3/c1-22(2)27-16-11-17-28(23(3)4)33(27)37-34(29-15-9-8-14-25(29)6)32-20-12-19-31(36-32)30-18-10-13-24(5)21-26(7)35-30/h8-20,22-23,26,34,37H,21H2,1-7H3/b18-10-,24-13+,35-30+. The van der Waals surface area contributed by atoms with Crippen molar-refractivity contribution < 1.29 is 0 Å². The lowest BCUT2D eigenvalue weighted by Gasteiger charge is -2.27. The molecule has 2 unspecified atom stereocenters. The molecule has 1 aliphatic heterocycles. The first kappa shape index (κ1) is 26.6. The van der Waals surface area contributed by atoms with Crippen molar-refractivity contribution in [1.29, 1.82) is 0 Å². The van der Waals surface area contributed by atoms with Crippen LogP contribution in [0, 0.1) is 6.92 Å². The third-order valence-electron chi connectivity index (χ3n) is 7.10. The minimum absolute atomic E-state index is 0.0868. The molecule has 0 amide bonds. The predicted molar refractivity (Wildman–Crippen MR) is 159 cm³/mol. The maximum atomic E-state index is 5.22. The van der Waals surface area contributed by atoms with Gasteiger partial charge in [-0.1, -0.05) is 94.0 Å². The molecule has 0 fully saturated rings. The molecule has 0 bridgehead atoms. The summed E-state index contributed by atoms with van der Waals surface area (Å²) in [6.45, 7) is 15.6. The first-order valence-corrected chi connectivity index (χ1v) is 13.6. The molecular weight excluding hydrogens is 450 g/mol. The molecule has 2 heterocycles. The number of aliphatic imine (C=N–C) groups is 1. The lowest BCUT2D eigenvalue weighted by molar-refractivity contribution is 0.733. The maximum Gasteiger partial charge on any atom is 0.0943 e. The molecule has 0 saturated carbocycles. The number of aromatic nitrogens is 1. The third kappa shape index (κ3) is 6.28. The fourth-order valence-electron chi connectivity index (χ4n) is 5.15. The van der Waals surface area contributed by atoms with Crippen LogP contribution in [0.4, 0.5) is 5.69 Å². The first-order valence-electron chi connectivity index (χ1n) is 13.6. The monoisotopic (exact) mass is 491 g/mol. The quantitative estimate of drug-likeness (QED) is 0.358. The van der Waals surface area contributed by atoms with Crippen molar-refractivity contribution in [2.75, 3.05) is 5.32 Å². The molecule has 3 aromatic rings. The normalized spacial score (nSPS) is 20.4. The number of nitrogens with zero attached hydrogens (tertiary/aromatic N) is 2. The largest absolute Gasteiger partial charge is 0.372 e. The van der Waals surface area contributed by atoms with Gasteiger partial charge >= 0.3 is 0 Å². The average Bonchev–Trinajstić information content (AvgIpc) is 2.86. The second kappa shape index (κ2) is 11.7. The summed E-state index contributed by atoms with van der Waals surface area (Å²) in [5.41, 5.74) is 10.6. The summed E-state index contributed by atoms with van der Waals surface area (Å²) in [5, 5.41) is 3.99. The Kier molecular flexibility index (Phi) is 8.43. The zero-order valence-corrected chi connectivity index (χ0v) is 23.4. The number of benzene rings is 2. The molecule has 4 rings (SSSR count). The summed E-state index contributed by atoms with van der Waals surface area (Å²) < 4.78 is 0. The minimum atomic E-state index is -0.0868. The highest BCUT2D eigenvalue weighted by Gasteiger charge is 2.23. The maximum absolute atomic E-state index is 5.22. The van der Waals surface area contributed by atoms with Gasteiger partial charge in [0.15, 0.2) is 0 Å². The first-order chi connectivity index (χ1) is 17.7. The van der Waals surface area contributed by atoms with Gasteiger partial charge in [0, 0.05) is 5.69 Å². The Bertz CT molecular complexity index is 1300. The van der Waals surface area contributed by atoms with E-state index in [1.807, 2.05) is 0 Å². The zero-order valence-electron chi connectivity index (χ0n) is 23.4. The molecule has 0 saturated heterocycles. The number of allylic oxidation sites excluding steroid dienone is 3. The van der Waals surface area contributed by atoms with Crippen LogP contribution in [0.5, 0.6) is 0 Å². The SMILES string of the molecule is C\C1=C/C=C\C(c2cccc(C(Nc3c(C(C)C)cccc3C(C)C)c3ccccc3C)n2)=N/C(C)C1. The van der Waals surface area contributed by atoms with Gasteiger partial charge < -0.3 is 5.32 Å². The van der Waals surface area contributed by atoms with Crippen LogP contribution in [0.1, 0.15) is 99.5 Å². The predicted octanol–water partition coefficient (Wildman–Crippen LogP) is 8.92. The van der Waals surface area contributed by atoms with E-state index in [0.717, 1.165) is 23.5 Å². The molecule has 0 aliphatic carbocycles. The van der Waals surface area contributed by atoms with Crippen LogP contribution in [0.25, 0.3) is 0 Å². The average molecular weight is 492 g/mol. The van der Waals surface area contributed by atoms with Gasteiger partial charge in [-0.2, -0.15) is 0 Å². The molecule has 2 aromatic carbocycles. The van der Waals surface area contributed by atoms with Gasteiger partial charge in [0.05, 0.1) is 29.2 Å². The molecule has 1 aromatic heterocycles. The Labute approximate surface area is 223 Å². The highest BCUT2D eigenvalue weighted by Crippen LogP contribution is 2.37. The summed E-state index contributed by atoms with van der Waals surface area (Å²) in [5.74, 6) is 0.816. The van der Waals surface area contributed by atoms with Crippen LogP contribution >= 0.6 is 0 Å². The lowest BCUT2D eigenvalue weighted by Crippen LogP contribution is -2.19. The summed E-state index contributed by atoms with van der Waals surface area (Å²) in [4.78, 5) is 10.2. The van der Waals surface area contributed by atoms with Crippen LogP contribution < -0.4 is 5.32 Å². The van der Waals surface area contributed by atoms with Gasteiger partial charge in [-0.05, 0) is 79.5 Å². The van der Waals surface area contributed by atoms with E-state index in [1.165, 1.54) is 33.5 Å². The molecular formula is C34H41N3. The van der Waals surface area contributed by atoms with E-state index < -0.39 is 0 Å². The molecule has 0 radical (unpaired) electrons. The van der Waals surface area contributed by atoms with Gasteiger partial charge in [0.1, 0.15) is 0 Å². The van der Waals surface area contributed by atoms with Crippen molar-refractivity contribution >= 4 is 11.4 Å². The second-order valence-corrected chi connectivity index (χ2v) is 10.9. The van der Waals surface area contributed by atoms with E-state index >= 15 is 0 Å². The number of nitrogens with one attached hydrogen (secondary N) is 1. The smallest absolute Gasteiger partial charge is 0.0943 e. The van der Waals surface area contributed by atoms with Crippen molar-refractivity contribution in [3.05, 3.63) is 118 Å². The molecule has 3 heteroatoms.